The molecule has 0 amide bonds. The number of nitro benzene ring substituents is 1. The van der Waals surface area contributed by atoms with Crippen LogP contribution in [0.3, 0.4) is 0 Å². The minimum absolute atomic E-state index is 0.225. The van der Waals surface area contributed by atoms with Crippen molar-refractivity contribution in [2.45, 2.75) is 11.8 Å². The smallest absolute Gasteiger partial charge is 0.263 e. The topological polar surface area (TPSA) is 107 Å². The van der Waals surface area contributed by atoms with E-state index in [1.807, 2.05) is 18.2 Å². The molecule has 2 aromatic carbocycles. The number of hydrogen-bond acceptors (Lipinski definition) is 5. The summed E-state index contributed by atoms with van der Waals surface area (Å²) in [5.74, 6) is 0.233. The van der Waals surface area contributed by atoms with Crippen LogP contribution in [0.2, 0.25) is 0 Å². The van der Waals surface area contributed by atoms with E-state index < -0.39 is 14.9 Å². The van der Waals surface area contributed by atoms with Gasteiger partial charge < -0.3 is 0 Å². The standard InChI is InChI=1S/C16H13BrN4O4S/c1-11-7-16(20(18-11)13-5-3-2-4-6-13)19-26(24,25)15-9-12(17)8-14(10-15)21(22)23/h2-10,19H,1H3. The Kier molecular flexibility index (Phi) is 4.79. The van der Waals surface area contributed by atoms with Crippen molar-refractivity contribution in [2.75, 3.05) is 4.72 Å². The summed E-state index contributed by atoms with van der Waals surface area (Å²) in [4.78, 5) is 10.1. The number of nitrogens with one attached hydrogen (secondary N) is 1. The average molecular weight is 437 g/mol. The summed E-state index contributed by atoms with van der Waals surface area (Å²) >= 11 is 3.10. The maximum atomic E-state index is 12.7. The van der Waals surface area contributed by atoms with Gasteiger partial charge in [0.1, 0.15) is 5.82 Å². The lowest BCUT2D eigenvalue weighted by atomic mass is 10.3. The van der Waals surface area contributed by atoms with E-state index in [4.69, 9.17) is 0 Å². The maximum absolute atomic E-state index is 12.7. The molecule has 0 spiro atoms. The number of rotatable bonds is 5. The second kappa shape index (κ2) is 6.89. The van der Waals surface area contributed by atoms with Crippen LogP contribution < -0.4 is 4.72 Å². The Bertz CT molecular complexity index is 1080. The van der Waals surface area contributed by atoms with E-state index in [0.717, 1.165) is 6.07 Å². The van der Waals surface area contributed by atoms with Crippen molar-refractivity contribution in [3.8, 4) is 5.69 Å². The first-order valence-corrected chi connectivity index (χ1v) is 9.64. The first-order valence-electron chi connectivity index (χ1n) is 7.36. The van der Waals surface area contributed by atoms with Gasteiger partial charge in [-0.1, -0.05) is 34.1 Å². The molecule has 0 aliphatic rings. The summed E-state index contributed by atoms with van der Waals surface area (Å²) < 4.78 is 29.6. The van der Waals surface area contributed by atoms with Crippen LogP contribution >= 0.6 is 15.9 Å². The largest absolute Gasteiger partial charge is 0.271 e. The van der Waals surface area contributed by atoms with E-state index in [-0.39, 0.29) is 16.4 Å². The minimum Gasteiger partial charge on any atom is -0.263 e. The predicted octanol–water partition coefficient (Wildman–Crippen LogP) is 3.65. The first kappa shape index (κ1) is 18.1. The Morgan fingerprint density at radius 1 is 1.15 bits per heavy atom. The lowest BCUT2D eigenvalue weighted by Crippen LogP contribution is -2.16. The normalized spacial score (nSPS) is 11.3. The molecule has 0 aliphatic carbocycles. The predicted molar refractivity (Wildman–Crippen MR) is 99.9 cm³/mol. The zero-order valence-electron chi connectivity index (χ0n) is 13.5. The molecule has 0 unspecified atom stereocenters. The van der Waals surface area contributed by atoms with Gasteiger partial charge in [-0.25, -0.2) is 13.1 Å². The lowest BCUT2D eigenvalue weighted by molar-refractivity contribution is -0.385. The van der Waals surface area contributed by atoms with Crippen molar-refractivity contribution >= 4 is 37.5 Å². The van der Waals surface area contributed by atoms with Gasteiger partial charge in [-0.3, -0.25) is 14.8 Å². The molecule has 134 valence electrons. The highest BCUT2D eigenvalue weighted by atomic mass is 79.9. The number of para-hydroxylation sites is 1. The van der Waals surface area contributed by atoms with E-state index in [0.29, 0.717) is 15.9 Å². The molecule has 26 heavy (non-hydrogen) atoms. The molecule has 1 aromatic heterocycles. The van der Waals surface area contributed by atoms with E-state index in [9.17, 15) is 18.5 Å². The SMILES string of the molecule is Cc1cc(NS(=O)(=O)c2cc(Br)cc([N+](=O)[O-])c2)n(-c2ccccc2)n1. The van der Waals surface area contributed by atoms with Gasteiger partial charge in [-0.2, -0.15) is 5.10 Å². The number of non-ortho nitro benzene ring substituents is 1. The van der Waals surface area contributed by atoms with Gasteiger partial charge >= 0.3 is 0 Å². The first-order chi connectivity index (χ1) is 12.3. The van der Waals surface area contributed by atoms with Gasteiger partial charge in [0, 0.05) is 22.7 Å². The van der Waals surface area contributed by atoms with Crippen LogP contribution in [-0.4, -0.2) is 23.1 Å². The summed E-state index contributed by atoms with van der Waals surface area (Å²) in [6.07, 6.45) is 0. The maximum Gasteiger partial charge on any atom is 0.271 e. The molecule has 0 aliphatic heterocycles. The highest BCUT2D eigenvalue weighted by Crippen LogP contribution is 2.26. The molecule has 3 rings (SSSR count). The van der Waals surface area contributed by atoms with Gasteiger partial charge in [-0.15, -0.1) is 0 Å². The van der Waals surface area contributed by atoms with E-state index in [1.165, 1.54) is 16.8 Å². The quantitative estimate of drug-likeness (QED) is 0.484. The number of nitrogens with zero attached hydrogens (tertiary/aromatic N) is 3. The molecule has 0 saturated heterocycles. The molecule has 0 radical (unpaired) electrons. The third-order valence-electron chi connectivity index (χ3n) is 3.45. The molecule has 8 nitrogen and oxygen atoms in total. The van der Waals surface area contributed by atoms with Crippen molar-refractivity contribution in [1.29, 1.82) is 0 Å². The molecule has 10 heteroatoms. The van der Waals surface area contributed by atoms with Crippen LogP contribution in [0.1, 0.15) is 5.69 Å². The molecule has 0 fully saturated rings. The van der Waals surface area contributed by atoms with E-state index in [2.05, 4.69) is 25.8 Å². The van der Waals surface area contributed by atoms with Crippen molar-refractivity contribution in [3.05, 3.63) is 74.9 Å². The third-order valence-corrected chi connectivity index (χ3v) is 5.24. The molecular weight excluding hydrogens is 424 g/mol. The van der Waals surface area contributed by atoms with Crippen molar-refractivity contribution in [2.24, 2.45) is 0 Å². The van der Waals surface area contributed by atoms with Crippen LogP contribution in [0.25, 0.3) is 5.69 Å². The second-order valence-electron chi connectivity index (χ2n) is 5.43. The van der Waals surface area contributed by atoms with Crippen molar-refractivity contribution < 1.29 is 13.3 Å². The van der Waals surface area contributed by atoms with Crippen LogP contribution in [-0.2, 0) is 10.0 Å². The van der Waals surface area contributed by atoms with Crippen LogP contribution in [0.5, 0.6) is 0 Å². The van der Waals surface area contributed by atoms with Gasteiger partial charge in [0.05, 0.1) is 21.2 Å². The Morgan fingerprint density at radius 3 is 2.50 bits per heavy atom. The average Bonchev–Trinajstić information content (AvgIpc) is 2.94. The van der Waals surface area contributed by atoms with Crippen LogP contribution in [0, 0.1) is 17.0 Å². The molecule has 3 aromatic rings. The summed E-state index contributed by atoms with van der Waals surface area (Å²) in [5.41, 5.74) is 0.970. The molecule has 0 saturated carbocycles. The minimum atomic E-state index is -4.05. The zero-order chi connectivity index (χ0) is 18.9. The molecule has 1 N–H and O–H groups in total. The molecule has 0 bridgehead atoms. The third kappa shape index (κ3) is 3.75. The molecule has 0 atom stereocenters. The monoisotopic (exact) mass is 436 g/mol. The van der Waals surface area contributed by atoms with Crippen molar-refractivity contribution in [1.82, 2.24) is 9.78 Å². The molecule has 1 heterocycles. The van der Waals surface area contributed by atoms with Gasteiger partial charge in [-0.05, 0) is 25.1 Å². The number of halogens is 1. The highest BCUT2D eigenvalue weighted by Gasteiger charge is 2.21. The summed E-state index contributed by atoms with van der Waals surface area (Å²) in [6, 6.07) is 14.1. The number of nitro groups is 1. The Labute approximate surface area is 157 Å². The fraction of sp³-hybridized carbons (Fsp3) is 0.0625. The van der Waals surface area contributed by atoms with Gasteiger partial charge in [0.25, 0.3) is 15.7 Å². The number of hydrogen-bond donors (Lipinski definition) is 1. The zero-order valence-corrected chi connectivity index (χ0v) is 15.9. The van der Waals surface area contributed by atoms with Crippen LogP contribution in [0.15, 0.2) is 64.0 Å². The van der Waals surface area contributed by atoms with Crippen LogP contribution in [0.4, 0.5) is 11.5 Å². The highest BCUT2D eigenvalue weighted by molar-refractivity contribution is 9.10. The number of sulfonamides is 1. The van der Waals surface area contributed by atoms with Gasteiger partial charge in [0.15, 0.2) is 0 Å². The molecular formula is C16H13BrN4O4S. The lowest BCUT2D eigenvalue weighted by Gasteiger charge is -2.11. The number of anilines is 1. The fourth-order valence-electron chi connectivity index (χ4n) is 2.34. The summed E-state index contributed by atoms with van der Waals surface area (Å²) in [7, 11) is -4.05. The van der Waals surface area contributed by atoms with Crippen molar-refractivity contribution in [3.63, 3.8) is 0 Å². The van der Waals surface area contributed by atoms with Gasteiger partial charge in [0.2, 0.25) is 0 Å². The number of benzene rings is 2. The number of aryl methyl sites for hydroxylation is 1. The number of aromatic nitrogens is 2. The Hall–Kier alpha value is -2.72. The van der Waals surface area contributed by atoms with E-state index >= 15 is 0 Å². The summed E-state index contributed by atoms with van der Waals surface area (Å²) in [6.45, 7) is 1.74. The summed E-state index contributed by atoms with van der Waals surface area (Å²) in [5, 5.41) is 15.3. The fourth-order valence-corrected chi connectivity index (χ4v) is 4.07. The Balaban J connectivity index is 2.03. The second-order valence-corrected chi connectivity index (χ2v) is 8.02. The van der Waals surface area contributed by atoms with E-state index in [1.54, 1.807) is 25.1 Å². The Morgan fingerprint density at radius 2 is 1.85 bits per heavy atom.